The fraction of sp³-hybridized carbons (Fsp3) is 0.500. The molecule has 26 heavy (non-hydrogen) atoms. The van der Waals surface area contributed by atoms with Crippen LogP contribution in [0.4, 0.5) is 0 Å². The van der Waals surface area contributed by atoms with E-state index in [9.17, 15) is 5.11 Å². The first-order valence-corrected chi connectivity index (χ1v) is 9.87. The minimum atomic E-state index is 0.429. The Hall–Kier alpha value is -1.91. The summed E-state index contributed by atoms with van der Waals surface area (Å²) in [5.74, 6) is 0.429. The minimum absolute atomic E-state index is 0.429. The van der Waals surface area contributed by atoms with Crippen molar-refractivity contribution < 1.29 is 5.11 Å². The lowest BCUT2D eigenvalue weighted by atomic mass is 10.0. The van der Waals surface area contributed by atoms with Crippen molar-refractivity contribution in [2.45, 2.75) is 57.8 Å². The quantitative estimate of drug-likeness (QED) is 0.891. The van der Waals surface area contributed by atoms with Crippen LogP contribution >= 0.6 is 0 Å². The molecule has 0 saturated carbocycles. The van der Waals surface area contributed by atoms with Crippen LogP contribution in [0, 0.1) is 6.92 Å². The normalized spacial score (nSPS) is 24.3. The number of hydrogen-bond donors (Lipinski definition) is 1. The third kappa shape index (κ3) is 3.76. The third-order valence-corrected chi connectivity index (χ3v) is 5.97. The monoisotopic (exact) mass is 351 g/mol. The van der Waals surface area contributed by atoms with Gasteiger partial charge in [-0.1, -0.05) is 23.8 Å². The van der Waals surface area contributed by atoms with E-state index in [2.05, 4.69) is 39.9 Å². The summed E-state index contributed by atoms with van der Waals surface area (Å²) in [4.78, 5) is 9.74. The molecule has 4 nitrogen and oxygen atoms in total. The van der Waals surface area contributed by atoms with Crippen LogP contribution in [0.15, 0.2) is 42.6 Å². The molecule has 2 aliphatic rings. The lowest BCUT2D eigenvalue weighted by Crippen LogP contribution is -2.45. The predicted molar refractivity (Wildman–Crippen MR) is 104 cm³/mol. The molecule has 2 aliphatic heterocycles. The number of aryl methyl sites for hydroxylation is 1. The summed E-state index contributed by atoms with van der Waals surface area (Å²) in [6, 6.07) is 13.3. The molecule has 3 heterocycles. The molecular formula is C22H29N3O. The van der Waals surface area contributed by atoms with Crippen LogP contribution in [0.5, 0.6) is 5.75 Å². The molecule has 1 N–H and O–H groups in total. The number of aromatic hydroxyl groups is 1. The van der Waals surface area contributed by atoms with Crippen molar-refractivity contribution in [2.24, 2.45) is 0 Å². The SMILES string of the molecule is Cc1ccc(O)c(CN2CCCC2C2CCCN2Cc2ccccn2)c1. The van der Waals surface area contributed by atoms with Crippen LogP contribution in [-0.4, -0.2) is 45.1 Å². The number of rotatable bonds is 5. The maximum Gasteiger partial charge on any atom is 0.120 e. The Bertz CT molecular complexity index is 733. The number of benzene rings is 1. The summed E-state index contributed by atoms with van der Waals surface area (Å²) in [7, 11) is 0. The number of nitrogens with zero attached hydrogens (tertiary/aromatic N) is 3. The van der Waals surface area contributed by atoms with Gasteiger partial charge >= 0.3 is 0 Å². The highest BCUT2D eigenvalue weighted by molar-refractivity contribution is 5.35. The Morgan fingerprint density at radius 1 is 1.00 bits per heavy atom. The van der Waals surface area contributed by atoms with E-state index in [1.54, 1.807) is 0 Å². The van der Waals surface area contributed by atoms with Crippen molar-refractivity contribution in [2.75, 3.05) is 13.1 Å². The number of phenolic OH excluding ortho intramolecular Hbond substituents is 1. The Morgan fingerprint density at radius 2 is 1.73 bits per heavy atom. The first-order chi connectivity index (χ1) is 12.7. The zero-order chi connectivity index (χ0) is 17.9. The molecule has 0 aliphatic carbocycles. The maximum atomic E-state index is 10.2. The van der Waals surface area contributed by atoms with Gasteiger partial charge < -0.3 is 5.11 Å². The summed E-state index contributed by atoms with van der Waals surface area (Å²) in [6.45, 7) is 6.20. The van der Waals surface area contributed by atoms with Crippen LogP contribution in [0.3, 0.4) is 0 Å². The Labute approximate surface area is 156 Å². The van der Waals surface area contributed by atoms with Crippen molar-refractivity contribution in [3.63, 3.8) is 0 Å². The van der Waals surface area contributed by atoms with Crippen molar-refractivity contribution in [3.05, 3.63) is 59.4 Å². The average molecular weight is 351 g/mol. The van der Waals surface area contributed by atoms with E-state index in [0.29, 0.717) is 17.8 Å². The summed E-state index contributed by atoms with van der Waals surface area (Å²) in [5, 5.41) is 10.2. The predicted octanol–water partition coefficient (Wildman–Crippen LogP) is 3.72. The van der Waals surface area contributed by atoms with Crippen molar-refractivity contribution in [1.82, 2.24) is 14.8 Å². The van der Waals surface area contributed by atoms with E-state index in [1.807, 2.05) is 24.4 Å². The molecule has 0 amide bonds. The summed E-state index contributed by atoms with van der Waals surface area (Å²) in [6.07, 6.45) is 6.95. The van der Waals surface area contributed by atoms with E-state index in [4.69, 9.17) is 0 Å². The van der Waals surface area contributed by atoms with E-state index >= 15 is 0 Å². The second-order valence-corrected chi connectivity index (χ2v) is 7.81. The third-order valence-electron chi connectivity index (χ3n) is 5.97. The average Bonchev–Trinajstić information content (AvgIpc) is 3.28. The van der Waals surface area contributed by atoms with E-state index in [-0.39, 0.29) is 0 Å². The highest BCUT2D eigenvalue weighted by Crippen LogP contribution is 2.33. The maximum absolute atomic E-state index is 10.2. The van der Waals surface area contributed by atoms with Gasteiger partial charge in [0.05, 0.1) is 5.69 Å². The second kappa shape index (κ2) is 7.77. The molecule has 2 saturated heterocycles. The zero-order valence-corrected chi connectivity index (χ0v) is 15.6. The Balaban J connectivity index is 1.47. The zero-order valence-electron chi connectivity index (χ0n) is 15.6. The number of aromatic nitrogens is 1. The molecule has 2 unspecified atom stereocenters. The van der Waals surface area contributed by atoms with Gasteiger partial charge in [0.25, 0.3) is 0 Å². The molecule has 4 rings (SSSR count). The molecule has 0 spiro atoms. The van der Waals surface area contributed by atoms with Crippen LogP contribution in [0.2, 0.25) is 0 Å². The van der Waals surface area contributed by atoms with E-state index in [1.165, 1.54) is 43.5 Å². The van der Waals surface area contributed by atoms with Gasteiger partial charge in [0.15, 0.2) is 0 Å². The molecule has 1 aromatic heterocycles. The topological polar surface area (TPSA) is 39.6 Å². The summed E-state index contributed by atoms with van der Waals surface area (Å²) in [5.41, 5.74) is 3.44. The molecular weight excluding hydrogens is 322 g/mol. The van der Waals surface area contributed by atoms with Gasteiger partial charge in [-0.05, 0) is 63.9 Å². The first kappa shape index (κ1) is 17.5. The Morgan fingerprint density at radius 3 is 2.42 bits per heavy atom. The van der Waals surface area contributed by atoms with Crippen LogP contribution < -0.4 is 0 Å². The van der Waals surface area contributed by atoms with Gasteiger partial charge in [-0.25, -0.2) is 0 Å². The number of pyridine rings is 1. The van der Waals surface area contributed by atoms with Gasteiger partial charge in [0.1, 0.15) is 5.75 Å². The van der Waals surface area contributed by atoms with Crippen molar-refractivity contribution in [1.29, 1.82) is 0 Å². The molecule has 2 aromatic rings. The molecule has 0 radical (unpaired) electrons. The first-order valence-electron chi connectivity index (χ1n) is 9.87. The van der Waals surface area contributed by atoms with Crippen molar-refractivity contribution >= 4 is 0 Å². The van der Waals surface area contributed by atoms with Crippen molar-refractivity contribution in [3.8, 4) is 5.75 Å². The second-order valence-electron chi connectivity index (χ2n) is 7.81. The summed E-state index contributed by atoms with van der Waals surface area (Å²) < 4.78 is 0. The Kier molecular flexibility index (Phi) is 5.23. The van der Waals surface area contributed by atoms with Crippen LogP contribution in [0.1, 0.15) is 42.5 Å². The lowest BCUT2D eigenvalue weighted by Gasteiger charge is -2.35. The largest absolute Gasteiger partial charge is 0.508 e. The van der Waals surface area contributed by atoms with Gasteiger partial charge in [-0.15, -0.1) is 0 Å². The molecule has 0 bridgehead atoms. The number of hydrogen-bond acceptors (Lipinski definition) is 4. The lowest BCUT2D eigenvalue weighted by molar-refractivity contribution is 0.122. The molecule has 4 heteroatoms. The molecule has 2 atom stereocenters. The van der Waals surface area contributed by atoms with Crippen LogP contribution in [-0.2, 0) is 13.1 Å². The molecule has 1 aromatic carbocycles. The van der Waals surface area contributed by atoms with Crippen LogP contribution in [0.25, 0.3) is 0 Å². The van der Waals surface area contributed by atoms with Gasteiger partial charge in [0.2, 0.25) is 0 Å². The number of likely N-dealkylation sites (tertiary alicyclic amines) is 2. The molecule has 2 fully saturated rings. The van der Waals surface area contributed by atoms with E-state index < -0.39 is 0 Å². The summed E-state index contributed by atoms with van der Waals surface area (Å²) >= 11 is 0. The minimum Gasteiger partial charge on any atom is -0.508 e. The standard InChI is InChI=1S/C22H29N3O/c1-17-9-10-22(26)18(14-17)15-24-12-4-7-20(24)21-8-5-13-25(21)16-19-6-2-3-11-23-19/h2-3,6,9-11,14,20-21,26H,4-5,7-8,12-13,15-16H2,1H3. The highest BCUT2D eigenvalue weighted by Gasteiger charge is 2.37. The van der Waals surface area contributed by atoms with E-state index in [0.717, 1.165) is 25.2 Å². The van der Waals surface area contributed by atoms with Gasteiger partial charge in [0, 0.05) is 36.9 Å². The fourth-order valence-electron chi connectivity index (χ4n) is 4.73. The smallest absolute Gasteiger partial charge is 0.120 e. The fourth-order valence-corrected chi connectivity index (χ4v) is 4.73. The highest BCUT2D eigenvalue weighted by atomic mass is 16.3. The van der Waals surface area contributed by atoms with Gasteiger partial charge in [-0.2, -0.15) is 0 Å². The molecule has 138 valence electrons. The van der Waals surface area contributed by atoms with Gasteiger partial charge in [-0.3, -0.25) is 14.8 Å². The number of phenols is 1.